The first-order valence-electron chi connectivity index (χ1n) is 12.1. The molecule has 0 atom stereocenters. The molecule has 0 unspecified atom stereocenters. The monoisotopic (exact) mass is 601 g/mol. The third kappa shape index (κ3) is 6.36. The van der Waals surface area contributed by atoms with Crippen LogP contribution in [0.15, 0.2) is 40.9 Å². The number of hydrogen-bond donors (Lipinski definition) is 0. The summed E-state index contributed by atoms with van der Waals surface area (Å²) in [5, 5.41) is 3.72. The van der Waals surface area contributed by atoms with Crippen LogP contribution in [-0.2, 0) is 33.6 Å². The molecule has 0 aliphatic carbocycles. The molecule has 12 heteroatoms. The van der Waals surface area contributed by atoms with E-state index in [1.807, 2.05) is 43.3 Å². The molecule has 3 aromatic rings. The molecule has 0 amide bonds. The van der Waals surface area contributed by atoms with Crippen molar-refractivity contribution in [2.24, 2.45) is 0 Å². The Morgan fingerprint density at radius 3 is 1.94 bits per heavy atom. The lowest BCUT2D eigenvalue weighted by Crippen LogP contribution is -2.19. The Kier molecular flexibility index (Phi) is 10.5. The SMILES string of the molecule is CCOP(=O)(OCC)C(CCc1cc(C)nc2c(Br)c(-c3ccccc3)nn12)P(=O)(OCC)OCC. The number of aryl methyl sites for hydroxylation is 2. The highest BCUT2D eigenvalue weighted by Gasteiger charge is 2.50. The first-order valence-corrected chi connectivity index (χ1v) is 16.1. The highest BCUT2D eigenvalue weighted by atomic mass is 79.9. The van der Waals surface area contributed by atoms with Crippen molar-refractivity contribution < 1.29 is 27.2 Å². The lowest BCUT2D eigenvalue weighted by atomic mass is 10.2. The minimum Gasteiger partial charge on any atom is -0.308 e. The van der Waals surface area contributed by atoms with Gasteiger partial charge in [-0.3, -0.25) is 9.13 Å². The molecule has 0 spiro atoms. The maximum atomic E-state index is 13.9. The van der Waals surface area contributed by atoms with Gasteiger partial charge in [0.1, 0.15) is 5.69 Å². The minimum absolute atomic E-state index is 0.136. The first-order chi connectivity index (χ1) is 17.2. The summed E-state index contributed by atoms with van der Waals surface area (Å²) < 4.78 is 52.7. The molecular weight excluding hydrogens is 568 g/mol. The number of rotatable bonds is 14. The summed E-state index contributed by atoms with van der Waals surface area (Å²) in [5.41, 5.74) is 3.98. The number of hydrogen-bond acceptors (Lipinski definition) is 8. The van der Waals surface area contributed by atoms with E-state index in [1.165, 1.54) is 0 Å². The number of nitrogens with zero attached hydrogens (tertiary/aromatic N) is 3. The van der Waals surface area contributed by atoms with Gasteiger partial charge in [-0.15, -0.1) is 0 Å². The van der Waals surface area contributed by atoms with Crippen LogP contribution in [0.3, 0.4) is 0 Å². The summed E-state index contributed by atoms with van der Waals surface area (Å²) in [6, 6.07) is 11.7. The molecule has 0 N–H and O–H groups in total. The van der Waals surface area contributed by atoms with Crippen LogP contribution >= 0.6 is 31.1 Å². The van der Waals surface area contributed by atoms with E-state index in [0.717, 1.165) is 27.1 Å². The van der Waals surface area contributed by atoms with Crippen molar-refractivity contribution in [3.8, 4) is 11.3 Å². The summed E-state index contributed by atoms with van der Waals surface area (Å²) in [4.78, 5) is 4.67. The molecule has 0 bridgehead atoms. The zero-order valence-corrected chi connectivity index (χ0v) is 24.7. The molecule has 1 aromatic carbocycles. The number of aromatic nitrogens is 3. The van der Waals surface area contributed by atoms with Crippen LogP contribution in [0.2, 0.25) is 0 Å². The van der Waals surface area contributed by atoms with Crippen LogP contribution < -0.4 is 0 Å². The van der Waals surface area contributed by atoms with E-state index in [2.05, 4.69) is 20.9 Å². The summed E-state index contributed by atoms with van der Waals surface area (Å²) in [7, 11) is -7.68. The van der Waals surface area contributed by atoms with Crippen LogP contribution in [-0.4, -0.2) is 46.4 Å². The van der Waals surface area contributed by atoms with Gasteiger partial charge in [-0.05, 0) is 69.5 Å². The van der Waals surface area contributed by atoms with Crippen molar-refractivity contribution >= 4 is 36.8 Å². The Hall–Kier alpha value is -1.38. The Labute approximate surface area is 221 Å². The van der Waals surface area contributed by atoms with Crippen molar-refractivity contribution in [3.63, 3.8) is 0 Å². The molecule has 0 fully saturated rings. The van der Waals surface area contributed by atoms with Crippen molar-refractivity contribution in [3.05, 3.63) is 52.3 Å². The third-order valence-electron chi connectivity index (χ3n) is 5.41. The molecule has 0 aliphatic rings. The minimum atomic E-state index is -3.84. The Morgan fingerprint density at radius 2 is 1.44 bits per heavy atom. The summed E-state index contributed by atoms with van der Waals surface area (Å²) in [6.07, 6.45) is 0.534. The lowest BCUT2D eigenvalue weighted by molar-refractivity contribution is 0.193. The fraction of sp³-hybridized carbons (Fsp3) is 0.500. The van der Waals surface area contributed by atoms with E-state index in [0.29, 0.717) is 12.1 Å². The van der Waals surface area contributed by atoms with Crippen LogP contribution in [0, 0.1) is 6.92 Å². The second-order valence-electron chi connectivity index (χ2n) is 7.92. The molecule has 2 heterocycles. The molecule has 2 aromatic heterocycles. The van der Waals surface area contributed by atoms with Gasteiger partial charge in [0.25, 0.3) is 0 Å². The average molecular weight is 602 g/mol. The normalized spacial score (nSPS) is 12.6. The van der Waals surface area contributed by atoms with Gasteiger partial charge in [-0.2, -0.15) is 5.10 Å². The van der Waals surface area contributed by atoms with Crippen LogP contribution in [0.1, 0.15) is 45.5 Å². The first kappa shape index (κ1) is 29.2. The molecule has 3 rings (SSSR count). The van der Waals surface area contributed by atoms with E-state index in [9.17, 15) is 9.13 Å². The second kappa shape index (κ2) is 12.9. The van der Waals surface area contributed by atoms with Crippen molar-refractivity contribution in [1.82, 2.24) is 14.6 Å². The number of halogens is 1. The molecule has 0 saturated carbocycles. The van der Waals surface area contributed by atoms with Crippen LogP contribution in [0.4, 0.5) is 0 Å². The molecule has 36 heavy (non-hydrogen) atoms. The van der Waals surface area contributed by atoms with Gasteiger partial charge in [0.2, 0.25) is 0 Å². The van der Waals surface area contributed by atoms with Gasteiger partial charge >= 0.3 is 15.2 Å². The molecule has 0 saturated heterocycles. The predicted octanol–water partition coefficient (Wildman–Crippen LogP) is 7.26. The van der Waals surface area contributed by atoms with E-state index in [1.54, 1.807) is 32.2 Å². The van der Waals surface area contributed by atoms with Crippen LogP contribution in [0.25, 0.3) is 16.9 Å². The fourth-order valence-electron chi connectivity index (χ4n) is 4.05. The van der Waals surface area contributed by atoms with Gasteiger partial charge in [-0.1, -0.05) is 30.3 Å². The summed E-state index contributed by atoms with van der Waals surface area (Å²) >= 11 is 3.67. The quantitative estimate of drug-likeness (QED) is 0.178. The van der Waals surface area contributed by atoms with Gasteiger partial charge in [0.05, 0.1) is 30.9 Å². The largest absolute Gasteiger partial charge is 0.345 e. The third-order valence-corrected chi connectivity index (χ3v) is 12.3. The van der Waals surface area contributed by atoms with Gasteiger partial charge in [-0.25, -0.2) is 9.50 Å². The van der Waals surface area contributed by atoms with Crippen molar-refractivity contribution in [2.75, 3.05) is 26.4 Å². The van der Waals surface area contributed by atoms with E-state index in [-0.39, 0.29) is 32.8 Å². The van der Waals surface area contributed by atoms with Crippen molar-refractivity contribution in [2.45, 2.75) is 52.9 Å². The number of fused-ring (bicyclic) bond motifs is 1. The van der Waals surface area contributed by atoms with Crippen molar-refractivity contribution in [1.29, 1.82) is 0 Å². The zero-order chi connectivity index (χ0) is 26.3. The summed E-state index contributed by atoms with van der Waals surface area (Å²) in [6.45, 7) is 9.32. The maximum Gasteiger partial charge on any atom is 0.345 e. The van der Waals surface area contributed by atoms with E-state index >= 15 is 0 Å². The van der Waals surface area contributed by atoms with E-state index < -0.39 is 20.6 Å². The summed E-state index contributed by atoms with van der Waals surface area (Å²) in [5.74, 6) is 0. The second-order valence-corrected chi connectivity index (χ2v) is 13.6. The van der Waals surface area contributed by atoms with Gasteiger partial charge in [0.15, 0.2) is 11.0 Å². The highest BCUT2D eigenvalue weighted by Crippen LogP contribution is 2.71. The average Bonchev–Trinajstić information content (AvgIpc) is 3.16. The topological polar surface area (TPSA) is 101 Å². The Balaban J connectivity index is 2.07. The van der Waals surface area contributed by atoms with Gasteiger partial charge < -0.3 is 18.1 Å². The molecule has 198 valence electrons. The number of benzene rings is 1. The van der Waals surface area contributed by atoms with Crippen LogP contribution in [0.5, 0.6) is 0 Å². The smallest absolute Gasteiger partial charge is 0.308 e. The lowest BCUT2D eigenvalue weighted by Gasteiger charge is -2.31. The molecule has 0 aliphatic heterocycles. The highest BCUT2D eigenvalue weighted by molar-refractivity contribution is 9.10. The maximum absolute atomic E-state index is 13.9. The van der Waals surface area contributed by atoms with E-state index in [4.69, 9.17) is 23.2 Å². The zero-order valence-electron chi connectivity index (χ0n) is 21.3. The van der Waals surface area contributed by atoms with Gasteiger partial charge in [0, 0.05) is 17.0 Å². The predicted molar refractivity (Wildman–Crippen MR) is 145 cm³/mol. The standard InChI is InChI=1S/C24H34BrN3O6P2/c1-6-31-35(29,32-7-2)21(36(30,33-8-3)34-9-4)16-15-20-17-18(5)26-24-22(25)23(27-28(20)24)19-13-11-10-12-14-19/h10-14,17,21H,6-9,15-16H2,1-5H3. The molecule has 9 nitrogen and oxygen atoms in total. The molecule has 0 radical (unpaired) electrons. The molecular formula is C24H34BrN3O6P2. The Bertz CT molecular complexity index is 1200. The Morgan fingerprint density at radius 1 is 0.917 bits per heavy atom. The fourth-order valence-corrected chi connectivity index (χ4v) is 9.97.